The van der Waals surface area contributed by atoms with Crippen molar-refractivity contribution in [3.05, 3.63) is 22.8 Å². The van der Waals surface area contributed by atoms with Crippen LogP contribution in [0, 0.1) is 22.7 Å². The Morgan fingerprint density at radius 1 is 1.36 bits per heavy atom. The summed E-state index contributed by atoms with van der Waals surface area (Å²) in [5.74, 6) is 0.357. The Kier molecular flexibility index (Phi) is 5.00. The van der Waals surface area contributed by atoms with Crippen molar-refractivity contribution in [1.82, 2.24) is 0 Å². The molecule has 0 aromatic rings. The number of aldehydes is 1. The number of methoxy groups -OCH3 is 1. The first-order valence-electron chi connectivity index (χ1n) is 9.52. The Balaban J connectivity index is 2.13. The number of aliphatic hydroxyl groups excluding tert-OH is 2. The first kappa shape index (κ1) is 18.8. The molecule has 0 saturated heterocycles. The van der Waals surface area contributed by atoms with E-state index >= 15 is 0 Å². The smallest absolute Gasteiger partial charge is 0.148 e. The van der Waals surface area contributed by atoms with Crippen LogP contribution in [0.15, 0.2) is 22.8 Å². The number of allylic oxidation sites excluding steroid dienone is 2. The van der Waals surface area contributed by atoms with Crippen LogP contribution < -0.4 is 0 Å². The van der Waals surface area contributed by atoms with Gasteiger partial charge in [0.2, 0.25) is 0 Å². The second-order valence-corrected chi connectivity index (χ2v) is 8.80. The maximum absolute atomic E-state index is 11.5. The third-order valence-electron chi connectivity index (χ3n) is 7.44. The Morgan fingerprint density at radius 3 is 2.68 bits per heavy atom. The van der Waals surface area contributed by atoms with E-state index < -0.39 is 12.2 Å². The van der Waals surface area contributed by atoms with Gasteiger partial charge in [0, 0.05) is 30.6 Å². The number of aliphatic hydroxyl groups is 2. The van der Waals surface area contributed by atoms with Crippen LogP contribution in [-0.4, -0.2) is 42.4 Å². The van der Waals surface area contributed by atoms with Crippen molar-refractivity contribution < 1.29 is 19.7 Å². The van der Waals surface area contributed by atoms with Gasteiger partial charge in [0.25, 0.3) is 0 Å². The van der Waals surface area contributed by atoms with Crippen molar-refractivity contribution in [1.29, 1.82) is 0 Å². The fourth-order valence-corrected chi connectivity index (χ4v) is 5.66. The maximum atomic E-state index is 11.5. The zero-order chi connectivity index (χ0) is 18.4. The second kappa shape index (κ2) is 6.64. The van der Waals surface area contributed by atoms with Crippen molar-refractivity contribution >= 4 is 6.29 Å². The normalized spacial score (nSPS) is 42.3. The van der Waals surface area contributed by atoms with E-state index in [1.54, 1.807) is 7.11 Å². The van der Waals surface area contributed by atoms with Gasteiger partial charge >= 0.3 is 0 Å². The third-order valence-corrected chi connectivity index (χ3v) is 7.44. The number of carbonyl (C=O) groups is 1. The lowest BCUT2D eigenvalue weighted by atomic mass is 9.54. The van der Waals surface area contributed by atoms with Crippen LogP contribution in [0.4, 0.5) is 0 Å². The lowest BCUT2D eigenvalue weighted by Gasteiger charge is -2.52. The van der Waals surface area contributed by atoms with E-state index in [2.05, 4.69) is 20.8 Å². The monoisotopic (exact) mass is 348 g/mol. The fraction of sp³-hybridized carbons (Fsp3) is 0.762. The Labute approximate surface area is 151 Å². The van der Waals surface area contributed by atoms with E-state index in [9.17, 15) is 15.0 Å². The number of hydrogen-bond acceptors (Lipinski definition) is 4. The molecule has 1 saturated carbocycles. The highest BCUT2D eigenvalue weighted by molar-refractivity contribution is 5.75. The van der Waals surface area contributed by atoms with E-state index in [1.165, 1.54) is 11.1 Å². The summed E-state index contributed by atoms with van der Waals surface area (Å²) >= 11 is 0. The topological polar surface area (TPSA) is 66.8 Å². The van der Waals surface area contributed by atoms with Gasteiger partial charge in [-0.2, -0.15) is 0 Å². The Morgan fingerprint density at radius 2 is 2.08 bits per heavy atom. The van der Waals surface area contributed by atoms with E-state index in [-0.39, 0.29) is 29.3 Å². The average Bonchev–Trinajstić information content (AvgIpc) is 2.91. The van der Waals surface area contributed by atoms with Gasteiger partial charge in [-0.1, -0.05) is 38.0 Å². The summed E-state index contributed by atoms with van der Waals surface area (Å²) in [6, 6.07) is 0. The van der Waals surface area contributed by atoms with E-state index in [0.717, 1.165) is 38.4 Å². The minimum atomic E-state index is -0.704. The molecule has 25 heavy (non-hydrogen) atoms. The molecule has 140 valence electrons. The summed E-state index contributed by atoms with van der Waals surface area (Å²) in [7, 11) is 1.57. The predicted octanol–water partition coefficient (Wildman–Crippen LogP) is 3.03. The molecule has 6 atom stereocenters. The molecule has 0 spiro atoms. The molecule has 1 fully saturated rings. The summed E-state index contributed by atoms with van der Waals surface area (Å²) < 4.78 is 5.53. The van der Waals surface area contributed by atoms with Gasteiger partial charge in [-0.05, 0) is 43.4 Å². The molecule has 0 heterocycles. The molecule has 0 aliphatic heterocycles. The molecular formula is C21H32O4. The van der Waals surface area contributed by atoms with Crippen LogP contribution in [0.3, 0.4) is 0 Å². The van der Waals surface area contributed by atoms with Gasteiger partial charge in [-0.15, -0.1) is 0 Å². The first-order chi connectivity index (χ1) is 11.8. The van der Waals surface area contributed by atoms with Gasteiger partial charge in [-0.25, -0.2) is 0 Å². The third kappa shape index (κ3) is 2.73. The molecule has 2 N–H and O–H groups in total. The highest BCUT2D eigenvalue weighted by atomic mass is 16.5. The van der Waals surface area contributed by atoms with Crippen molar-refractivity contribution in [2.75, 3.05) is 13.7 Å². The molecular weight excluding hydrogens is 316 g/mol. The van der Waals surface area contributed by atoms with Crippen LogP contribution in [0.5, 0.6) is 0 Å². The molecule has 4 heteroatoms. The van der Waals surface area contributed by atoms with Crippen molar-refractivity contribution in [2.45, 2.75) is 65.1 Å². The van der Waals surface area contributed by atoms with Crippen molar-refractivity contribution in [3.63, 3.8) is 0 Å². The Hall–Kier alpha value is -0.970. The molecule has 0 aromatic carbocycles. The summed E-state index contributed by atoms with van der Waals surface area (Å²) in [4.78, 5) is 11.5. The van der Waals surface area contributed by atoms with Gasteiger partial charge in [-0.3, -0.25) is 4.79 Å². The molecule has 0 unspecified atom stereocenters. The van der Waals surface area contributed by atoms with E-state index in [1.807, 2.05) is 6.08 Å². The minimum absolute atomic E-state index is 0.157. The largest absolute Gasteiger partial charge is 0.396 e. The van der Waals surface area contributed by atoms with Gasteiger partial charge < -0.3 is 14.9 Å². The zero-order valence-corrected chi connectivity index (χ0v) is 15.9. The van der Waals surface area contributed by atoms with Crippen LogP contribution in [-0.2, 0) is 9.53 Å². The maximum Gasteiger partial charge on any atom is 0.148 e. The molecule has 3 aliphatic carbocycles. The van der Waals surface area contributed by atoms with Crippen molar-refractivity contribution in [2.24, 2.45) is 22.7 Å². The van der Waals surface area contributed by atoms with Crippen LogP contribution in [0.1, 0.15) is 52.9 Å². The number of hydrogen-bond donors (Lipinski definition) is 2. The fourth-order valence-electron chi connectivity index (χ4n) is 5.66. The standard InChI is InChI=1S/C21H32O4/c1-13(11-22)15-7-8-20(2)9-10-21(3)16(17(15)20)6-5-14(12-23)18(25-4)19(21)24/h5,12-13,16,18-19,22,24H,6-11H2,1-4H3/t13-,16-,18+,19+,20-,21-/m1/s1. The molecule has 0 bridgehead atoms. The lowest BCUT2D eigenvalue weighted by Crippen LogP contribution is -2.51. The highest BCUT2D eigenvalue weighted by Gasteiger charge is 2.56. The lowest BCUT2D eigenvalue weighted by molar-refractivity contribution is -0.112. The van der Waals surface area contributed by atoms with Gasteiger partial charge in [0.1, 0.15) is 12.4 Å². The van der Waals surface area contributed by atoms with Gasteiger partial charge in [0.05, 0.1) is 6.10 Å². The van der Waals surface area contributed by atoms with Crippen molar-refractivity contribution in [3.8, 4) is 0 Å². The second-order valence-electron chi connectivity index (χ2n) is 8.80. The number of carbonyl (C=O) groups excluding carboxylic acids is 1. The summed E-state index contributed by atoms with van der Waals surface area (Å²) in [5.41, 5.74) is 3.22. The van der Waals surface area contributed by atoms with E-state index in [4.69, 9.17) is 4.74 Å². The molecule has 3 rings (SSSR count). The van der Waals surface area contributed by atoms with Gasteiger partial charge in [0.15, 0.2) is 0 Å². The number of rotatable bonds is 4. The van der Waals surface area contributed by atoms with Crippen LogP contribution in [0.25, 0.3) is 0 Å². The highest BCUT2D eigenvalue weighted by Crippen LogP contribution is 2.63. The Bertz CT molecular complexity index is 607. The average molecular weight is 348 g/mol. The molecule has 4 nitrogen and oxygen atoms in total. The minimum Gasteiger partial charge on any atom is -0.396 e. The summed E-state index contributed by atoms with van der Waals surface area (Å²) in [5, 5.41) is 20.9. The number of fused-ring (bicyclic) bond motifs is 3. The zero-order valence-electron chi connectivity index (χ0n) is 15.9. The number of ether oxygens (including phenoxy) is 1. The quantitative estimate of drug-likeness (QED) is 0.605. The van der Waals surface area contributed by atoms with Crippen LogP contribution in [0.2, 0.25) is 0 Å². The first-order valence-corrected chi connectivity index (χ1v) is 9.52. The summed E-state index contributed by atoms with van der Waals surface area (Å²) in [6.45, 7) is 6.76. The summed E-state index contributed by atoms with van der Waals surface area (Å²) in [6.07, 6.45) is 6.43. The molecule has 3 aliphatic rings. The SMILES string of the molecule is CO[C@H]1C(C=O)=CC[C@@H]2C3=C([C@H](C)CO)CC[C@]3(C)CC[C@@]2(C)[C@H]1O. The molecule has 0 radical (unpaired) electrons. The molecule has 0 amide bonds. The predicted molar refractivity (Wildman–Crippen MR) is 97.0 cm³/mol. The van der Waals surface area contributed by atoms with Crippen LogP contribution >= 0.6 is 0 Å². The molecule has 0 aromatic heterocycles. The van der Waals surface area contributed by atoms with E-state index in [0.29, 0.717) is 5.57 Å².